The highest BCUT2D eigenvalue weighted by Gasteiger charge is 2.43. The van der Waals surface area contributed by atoms with Crippen LogP contribution in [0.1, 0.15) is 76.6 Å². The van der Waals surface area contributed by atoms with E-state index in [-0.39, 0.29) is 5.41 Å². The van der Waals surface area contributed by atoms with E-state index in [4.69, 9.17) is 0 Å². The van der Waals surface area contributed by atoms with Crippen molar-refractivity contribution in [2.75, 3.05) is 13.1 Å². The zero-order valence-corrected chi connectivity index (χ0v) is 17.6. The highest BCUT2D eigenvalue weighted by molar-refractivity contribution is 5.81. The summed E-state index contributed by atoms with van der Waals surface area (Å²) in [4.78, 5) is 0. The van der Waals surface area contributed by atoms with Crippen LogP contribution >= 0.6 is 0 Å². The summed E-state index contributed by atoms with van der Waals surface area (Å²) in [6.45, 7) is 20.4. The standard InChI is InChI=1S/C23H38N2/c1-9-24-16(4)13-23(14-17(5)25-10-2)20(8)19(7)22-18(6)15(3)11-12-21(22)23/h11-12,16-17,24-25H,9-10,13-14H2,1-8H3. The molecule has 0 spiro atoms. The second kappa shape index (κ2) is 8.05. The molecule has 1 aliphatic rings. The third kappa shape index (κ3) is 3.71. The van der Waals surface area contributed by atoms with Gasteiger partial charge in [0.25, 0.3) is 0 Å². The lowest BCUT2D eigenvalue weighted by atomic mass is 9.69. The number of fused-ring (bicyclic) bond motifs is 1. The van der Waals surface area contributed by atoms with Crippen molar-refractivity contribution >= 4 is 5.57 Å². The van der Waals surface area contributed by atoms with Crippen LogP contribution in [0.25, 0.3) is 5.57 Å². The van der Waals surface area contributed by atoms with Gasteiger partial charge in [0.2, 0.25) is 0 Å². The lowest BCUT2D eigenvalue weighted by molar-refractivity contribution is 0.332. The molecule has 2 rings (SSSR count). The normalized spacial score (nSPS) is 22.2. The topological polar surface area (TPSA) is 24.1 Å². The Bertz CT molecular complexity index is 628. The van der Waals surface area contributed by atoms with Crippen molar-refractivity contribution in [1.82, 2.24) is 10.6 Å². The molecule has 0 saturated carbocycles. The van der Waals surface area contributed by atoms with Gasteiger partial charge in [0, 0.05) is 17.5 Å². The van der Waals surface area contributed by atoms with Crippen LogP contribution in [0, 0.1) is 13.8 Å². The minimum Gasteiger partial charge on any atom is -0.314 e. The van der Waals surface area contributed by atoms with Gasteiger partial charge in [-0.2, -0.15) is 0 Å². The van der Waals surface area contributed by atoms with Crippen LogP contribution in [0.15, 0.2) is 17.7 Å². The summed E-state index contributed by atoms with van der Waals surface area (Å²) in [5, 5.41) is 7.30. The predicted molar refractivity (Wildman–Crippen MR) is 111 cm³/mol. The van der Waals surface area contributed by atoms with Crippen molar-refractivity contribution in [2.45, 2.75) is 85.7 Å². The van der Waals surface area contributed by atoms with Gasteiger partial charge in [-0.05, 0) is 95.3 Å². The maximum absolute atomic E-state index is 3.65. The molecule has 2 nitrogen and oxygen atoms in total. The van der Waals surface area contributed by atoms with E-state index < -0.39 is 0 Å². The minimum absolute atomic E-state index is 0.140. The smallest absolute Gasteiger partial charge is 0.0200 e. The van der Waals surface area contributed by atoms with E-state index in [9.17, 15) is 0 Å². The molecular formula is C23H38N2. The molecule has 25 heavy (non-hydrogen) atoms. The zero-order valence-electron chi connectivity index (χ0n) is 17.6. The minimum atomic E-state index is 0.140. The molecular weight excluding hydrogens is 304 g/mol. The second-order valence-corrected chi connectivity index (χ2v) is 8.09. The Kier molecular flexibility index (Phi) is 6.51. The SMILES string of the molecule is CCNC(C)CC1(CC(C)NCC)C(C)=C(C)c2c1ccc(C)c2C. The Hall–Kier alpha value is -1.12. The Morgan fingerprint density at radius 2 is 1.40 bits per heavy atom. The summed E-state index contributed by atoms with van der Waals surface area (Å²) in [7, 11) is 0. The quantitative estimate of drug-likeness (QED) is 0.685. The van der Waals surface area contributed by atoms with Crippen LogP contribution in [0.5, 0.6) is 0 Å². The third-order valence-corrected chi connectivity index (χ3v) is 6.32. The second-order valence-electron chi connectivity index (χ2n) is 8.09. The van der Waals surface area contributed by atoms with Crippen LogP contribution in [0.3, 0.4) is 0 Å². The first kappa shape index (κ1) is 20.2. The average Bonchev–Trinajstić information content (AvgIpc) is 2.74. The first-order valence-electron chi connectivity index (χ1n) is 10.0. The van der Waals surface area contributed by atoms with E-state index >= 15 is 0 Å². The van der Waals surface area contributed by atoms with Crippen LogP contribution in [-0.2, 0) is 5.41 Å². The van der Waals surface area contributed by atoms with Gasteiger partial charge in [0.1, 0.15) is 0 Å². The molecule has 0 aromatic heterocycles. The van der Waals surface area contributed by atoms with E-state index in [1.165, 1.54) is 22.3 Å². The van der Waals surface area contributed by atoms with Gasteiger partial charge in [-0.15, -0.1) is 0 Å². The van der Waals surface area contributed by atoms with Gasteiger partial charge in [-0.25, -0.2) is 0 Å². The zero-order chi connectivity index (χ0) is 18.8. The molecule has 0 heterocycles. The number of benzene rings is 1. The summed E-state index contributed by atoms with van der Waals surface area (Å²) in [6.07, 6.45) is 2.32. The molecule has 0 bridgehead atoms. The van der Waals surface area contributed by atoms with E-state index in [0.717, 1.165) is 25.9 Å². The van der Waals surface area contributed by atoms with Gasteiger partial charge < -0.3 is 10.6 Å². The Labute approximate surface area is 155 Å². The van der Waals surface area contributed by atoms with Crippen molar-refractivity contribution < 1.29 is 0 Å². The number of hydrogen-bond acceptors (Lipinski definition) is 2. The fraction of sp³-hybridized carbons (Fsp3) is 0.652. The molecule has 2 atom stereocenters. The Balaban J connectivity index is 2.57. The Morgan fingerprint density at radius 1 is 0.880 bits per heavy atom. The van der Waals surface area contributed by atoms with E-state index in [1.807, 2.05) is 0 Å². The number of allylic oxidation sites excluding steroid dienone is 2. The van der Waals surface area contributed by atoms with E-state index in [0.29, 0.717) is 12.1 Å². The number of aryl methyl sites for hydroxylation is 1. The highest BCUT2D eigenvalue weighted by Crippen LogP contribution is 2.52. The molecule has 1 aliphatic carbocycles. The summed E-state index contributed by atoms with van der Waals surface area (Å²) < 4.78 is 0. The summed E-state index contributed by atoms with van der Waals surface area (Å²) in [6, 6.07) is 5.75. The molecule has 2 unspecified atom stereocenters. The first-order valence-corrected chi connectivity index (χ1v) is 10.0. The van der Waals surface area contributed by atoms with Gasteiger partial charge >= 0.3 is 0 Å². The van der Waals surface area contributed by atoms with Crippen molar-refractivity contribution in [3.05, 3.63) is 40.0 Å². The molecule has 0 saturated heterocycles. The molecule has 140 valence electrons. The van der Waals surface area contributed by atoms with Gasteiger partial charge in [0.05, 0.1) is 0 Å². The average molecular weight is 343 g/mol. The molecule has 0 aliphatic heterocycles. The van der Waals surface area contributed by atoms with Gasteiger partial charge in [0.15, 0.2) is 0 Å². The third-order valence-electron chi connectivity index (χ3n) is 6.32. The Morgan fingerprint density at radius 3 is 1.88 bits per heavy atom. The maximum atomic E-state index is 3.65. The molecule has 2 heteroatoms. The van der Waals surface area contributed by atoms with Crippen LogP contribution in [0.2, 0.25) is 0 Å². The van der Waals surface area contributed by atoms with Gasteiger partial charge in [-0.1, -0.05) is 31.6 Å². The maximum Gasteiger partial charge on any atom is 0.0200 e. The van der Waals surface area contributed by atoms with Crippen molar-refractivity contribution in [1.29, 1.82) is 0 Å². The summed E-state index contributed by atoms with van der Waals surface area (Å²) >= 11 is 0. The van der Waals surface area contributed by atoms with Crippen LogP contribution in [0.4, 0.5) is 0 Å². The molecule has 1 aromatic rings. The number of nitrogens with one attached hydrogen (secondary N) is 2. The predicted octanol–water partition coefficient (Wildman–Crippen LogP) is 5.12. The lowest BCUT2D eigenvalue weighted by Gasteiger charge is -2.38. The molecule has 0 radical (unpaired) electrons. The summed E-state index contributed by atoms with van der Waals surface area (Å²) in [5.74, 6) is 0. The van der Waals surface area contributed by atoms with Crippen molar-refractivity contribution in [2.24, 2.45) is 0 Å². The molecule has 0 fully saturated rings. The fourth-order valence-corrected chi connectivity index (χ4v) is 4.94. The van der Waals surface area contributed by atoms with Crippen molar-refractivity contribution in [3.63, 3.8) is 0 Å². The van der Waals surface area contributed by atoms with Crippen LogP contribution in [-0.4, -0.2) is 25.2 Å². The largest absolute Gasteiger partial charge is 0.314 e. The molecule has 1 aromatic carbocycles. The number of rotatable bonds is 8. The first-order chi connectivity index (χ1) is 11.8. The van der Waals surface area contributed by atoms with E-state index in [2.05, 4.69) is 78.2 Å². The van der Waals surface area contributed by atoms with Crippen LogP contribution < -0.4 is 10.6 Å². The lowest BCUT2D eigenvalue weighted by Crippen LogP contribution is -2.41. The fourth-order valence-electron chi connectivity index (χ4n) is 4.94. The van der Waals surface area contributed by atoms with E-state index in [1.54, 1.807) is 11.1 Å². The van der Waals surface area contributed by atoms with Gasteiger partial charge in [-0.3, -0.25) is 0 Å². The van der Waals surface area contributed by atoms with Crippen molar-refractivity contribution in [3.8, 4) is 0 Å². The molecule has 2 N–H and O–H groups in total. The molecule has 0 amide bonds. The summed E-state index contributed by atoms with van der Waals surface area (Å²) in [5.41, 5.74) is 9.16. The monoisotopic (exact) mass is 342 g/mol. The highest BCUT2D eigenvalue weighted by atomic mass is 14.9. The number of hydrogen-bond donors (Lipinski definition) is 2.